The monoisotopic (exact) mass is 272 g/mol. The van der Waals surface area contributed by atoms with E-state index in [9.17, 15) is 17.6 Å². The first-order chi connectivity index (χ1) is 8.95. The van der Waals surface area contributed by atoms with Gasteiger partial charge in [-0.25, -0.2) is 22.5 Å². The summed E-state index contributed by atoms with van der Waals surface area (Å²) < 4.78 is 53.3. The minimum absolute atomic E-state index is 0.0937. The molecule has 0 aliphatic rings. The number of benzene rings is 1. The van der Waals surface area contributed by atoms with Crippen LogP contribution in [0.3, 0.4) is 0 Å². The zero-order valence-corrected chi connectivity index (χ0v) is 10.4. The Morgan fingerprint density at radius 2 is 1.95 bits per heavy atom. The van der Waals surface area contributed by atoms with Crippen molar-refractivity contribution in [2.75, 3.05) is 11.9 Å². The van der Waals surface area contributed by atoms with Crippen LogP contribution in [0.5, 0.6) is 0 Å². The molecule has 0 spiro atoms. The van der Waals surface area contributed by atoms with Gasteiger partial charge in [-0.05, 0) is 31.5 Å². The predicted molar refractivity (Wildman–Crippen MR) is 65.5 cm³/mol. The van der Waals surface area contributed by atoms with Gasteiger partial charge >= 0.3 is 0 Å². The maximum atomic E-state index is 14.1. The SMILES string of the molecule is CCNc1cc(C(F)F)nc2c(F)cc(C)c(F)c12. The van der Waals surface area contributed by atoms with E-state index in [0.717, 1.165) is 12.1 Å². The van der Waals surface area contributed by atoms with Crippen molar-refractivity contribution in [3.8, 4) is 0 Å². The van der Waals surface area contributed by atoms with E-state index in [0.29, 0.717) is 6.54 Å². The highest BCUT2D eigenvalue weighted by molar-refractivity contribution is 5.93. The molecule has 0 bridgehead atoms. The molecule has 2 aromatic rings. The molecule has 0 unspecified atom stereocenters. The van der Waals surface area contributed by atoms with Crippen LogP contribution in [-0.2, 0) is 0 Å². The summed E-state index contributed by atoms with van der Waals surface area (Å²) in [4.78, 5) is 3.51. The molecule has 0 radical (unpaired) electrons. The number of hydrogen-bond acceptors (Lipinski definition) is 2. The Bertz CT molecular complexity index is 626. The molecule has 1 aromatic carbocycles. The number of nitrogens with one attached hydrogen (secondary N) is 1. The highest BCUT2D eigenvalue weighted by Gasteiger charge is 2.19. The zero-order valence-electron chi connectivity index (χ0n) is 10.4. The number of anilines is 1. The quantitative estimate of drug-likeness (QED) is 0.847. The van der Waals surface area contributed by atoms with Crippen molar-refractivity contribution in [2.24, 2.45) is 0 Å². The number of aromatic nitrogens is 1. The Kier molecular flexibility index (Phi) is 3.59. The fraction of sp³-hybridized carbons (Fsp3) is 0.308. The van der Waals surface area contributed by atoms with Crippen LogP contribution in [0.2, 0.25) is 0 Å². The van der Waals surface area contributed by atoms with Crippen LogP contribution in [0.1, 0.15) is 24.6 Å². The summed E-state index contributed by atoms with van der Waals surface area (Å²) in [7, 11) is 0. The second kappa shape index (κ2) is 5.03. The summed E-state index contributed by atoms with van der Waals surface area (Å²) in [5.74, 6) is -1.46. The summed E-state index contributed by atoms with van der Waals surface area (Å²) in [5.41, 5.74) is -0.721. The molecular weight excluding hydrogens is 260 g/mol. The van der Waals surface area contributed by atoms with E-state index < -0.39 is 23.8 Å². The lowest BCUT2D eigenvalue weighted by atomic mass is 10.1. The molecule has 0 amide bonds. The lowest BCUT2D eigenvalue weighted by Gasteiger charge is -2.12. The Labute approximate surface area is 107 Å². The molecule has 2 nitrogen and oxygen atoms in total. The maximum absolute atomic E-state index is 14.1. The van der Waals surface area contributed by atoms with E-state index in [2.05, 4.69) is 10.3 Å². The number of halogens is 4. The first-order valence-electron chi connectivity index (χ1n) is 5.77. The van der Waals surface area contributed by atoms with Crippen molar-refractivity contribution in [2.45, 2.75) is 20.3 Å². The predicted octanol–water partition coefficient (Wildman–Crippen LogP) is 4.19. The number of rotatable bonds is 3. The summed E-state index contributed by atoms with van der Waals surface area (Å²) in [6.07, 6.45) is -2.84. The number of alkyl halides is 2. The summed E-state index contributed by atoms with van der Waals surface area (Å²) in [6.45, 7) is 3.55. The molecule has 0 atom stereocenters. The molecule has 1 heterocycles. The third kappa shape index (κ3) is 2.34. The number of hydrogen-bond donors (Lipinski definition) is 1. The molecule has 1 aromatic heterocycles. The number of fused-ring (bicyclic) bond motifs is 1. The third-order valence-corrected chi connectivity index (χ3v) is 2.77. The minimum Gasteiger partial charge on any atom is -0.385 e. The highest BCUT2D eigenvalue weighted by Crippen LogP contribution is 2.32. The molecule has 6 heteroatoms. The van der Waals surface area contributed by atoms with Gasteiger partial charge in [0.1, 0.15) is 22.8 Å². The van der Waals surface area contributed by atoms with Gasteiger partial charge in [-0.1, -0.05) is 0 Å². The molecule has 0 saturated heterocycles. The van der Waals surface area contributed by atoms with E-state index in [1.54, 1.807) is 6.92 Å². The standard InChI is InChI=1S/C13H12F4N2/c1-3-18-8-5-9(13(16)17)19-12-7(14)4-6(2)11(15)10(8)12/h4-5,13H,3H2,1-2H3,(H,18,19). The minimum atomic E-state index is -2.84. The van der Waals surface area contributed by atoms with Gasteiger partial charge in [0.05, 0.1) is 5.39 Å². The molecular formula is C13H12F4N2. The van der Waals surface area contributed by atoms with Crippen molar-refractivity contribution in [1.82, 2.24) is 4.98 Å². The number of aryl methyl sites for hydroxylation is 1. The Hall–Kier alpha value is -1.85. The van der Waals surface area contributed by atoms with Gasteiger partial charge in [-0.3, -0.25) is 0 Å². The molecule has 102 valence electrons. The summed E-state index contributed by atoms with van der Waals surface area (Å²) in [5, 5.41) is 2.67. The van der Waals surface area contributed by atoms with Crippen LogP contribution < -0.4 is 5.32 Å². The molecule has 19 heavy (non-hydrogen) atoms. The van der Waals surface area contributed by atoms with Gasteiger partial charge in [-0.2, -0.15) is 0 Å². The third-order valence-electron chi connectivity index (χ3n) is 2.77. The van der Waals surface area contributed by atoms with Crippen molar-refractivity contribution < 1.29 is 17.6 Å². The van der Waals surface area contributed by atoms with Gasteiger partial charge in [0.15, 0.2) is 0 Å². The average molecular weight is 272 g/mol. The molecule has 0 fully saturated rings. The molecule has 2 rings (SSSR count). The molecule has 0 saturated carbocycles. The van der Waals surface area contributed by atoms with Crippen LogP contribution in [0, 0.1) is 18.6 Å². The van der Waals surface area contributed by atoms with Crippen molar-refractivity contribution in [3.63, 3.8) is 0 Å². The van der Waals surface area contributed by atoms with E-state index in [1.807, 2.05) is 0 Å². The van der Waals surface area contributed by atoms with Crippen LogP contribution in [-0.4, -0.2) is 11.5 Å². The maximum Gasteiger partial charge on any atom is 0.280 e. The van der Waals surface area contributed by atoms with Gasteiger partial charge in [0.25, 0.3) is 6.43 Å². The Balaban J connectivity index is 2.86. The van der Waals surface area contributed by atoms with E-state index in [1.165, 1.54) is 6.92 Å². The van der Waals surface area contributed by atoms with Crippen LogP contribution in [0.4, 0.5) is 23.2 Å². The van der Waals surface area contributed by atoms with E-state index >= 15 is 0 Å². The Morgan fingerprint density at radius 3 is 2.53 bits per heavy atom. The normalized spacial score (nSPS) is 11.3. The topological polar surface area (TPSA) is 24.9 Å². The molecule has 0 aliphatic heterocycles. The molecule has 1 N–H and O–H groups in total. The van der Waals surface area contributed by atoms with Crippen LogP contribution in [0.15, 0.2) is 12.1 Å². The fourth-order valence-corrected chi connectivity index (χ4v) is 1.92. The van der Waals surface area contributed by atoms with Crippen LogP contribution >= 0.6 is 0 Å². The van der Waals surface area contributed by atoms with E-state index in [4.69, 9.17) is 0 Å². The van der Waals surface area contributed by atoms with Gasteiger partial charge in [0, 0.05) is 12.2 Å². The first-order valence-corrected chi connectivity index (χ1v) is 5.77. The van der Waals surface area contributed by atoms with Crippen molar-refractivity contribution >= 4 is 16.6 Å². The average Bonchev–Trinajstić information content (AvgIpc) is 2.35. The van der Waals surface area contributed by atoms with Crippen LogP contribution in [0.25, 0.3) is 10.9 Å². The number of nitrogens with zero attached hydrogens (tertiary/aromatic N) is 1. The largest absolute Gasteiger partial charge is 0.385 e. The zero-order chi connectivity index (χ0) is 14.2. The molecule has 0 aliphatic carbocycles. The summed E-state index contributed by atoms with van der Waals surface area (Å²) >= 11 is 0. The fourth-order valence-electron chi connectivity index (χ4n) is 1.92. The Morgan fingerprint density at radius 1 is 1.26 bits per heavy atom. The second-order valence-corrected chi connectivity index (χ2v) is 4.14. The second-order valence-electron chi connectivity index (χ2n) is 4.14. The first kappa shape index (κ1) is 13.6. The van der Waals surface area contributed by atoms with Gasteiger partial charge in [0.2, 0.25) is 0 Å². The number of pyridine rings is 1. The van der Waals surface area contributed by atoms with E-state index in [-0.39, 0.29) is 22.2 Å². The smallest absolute Gasteiger partial charge is 0.280 e. The highest BCUT2D eigenvalue weighted by atomic mass is 19.3. The lowest BCUT2D eigenvalue weighted by molar-refractivity contribution is 0.146. The van der Waals surface area contributed by atoms with Crippen molar-refractivity contribution in [1.29, 1.82) is 0 Å². The van der Waals surface area contributed by atoms with Gasteiger partial charge in [-0.15, -0.1) is 0 Å². The summed E-state index contributed by atoms with van der Waals surface area (Å²) in [6, 6.07) is 2.01. The van der Waals surface area contributed by atoms with Gasteiger partial charge < -0.3 is 5.32 Å². The van der Waals surface area contributed by atoms with Crippen molar-refractivity contribution in [3.05, 3.63) is 35.0 Å². The lowest BCUT2D eigenvalue weighted by Crippen LogP contribution is -2.04.